The van der Waals surface area contributed by atoms with Crippen LogP contribution in [0.15, 0.2) is 42.0 Å². The first kappa shape index (κ1) is 9.71. The number of aryl methyl sites for hydroxylation is 1. The Morgan fingerprint density at radius 1 is 1.25 bits per heavy atom. The minimum absolute atomic E-state index is 0.570. The second kappa shape index (κ2) is 3.51. The second-order valence-corrected chi connectivity index (χ2v) is 4.93. The van der Waals surface area contributed by atoms with Crippen LogP contribution in [-0.4, -0.2) is 6.54 Å². The summed E-state index contributed by atoms with van der Waals surface area (Å²) in [4.78, 5) is 0. The molecule has 1 aromatic rings. The van der Waals surface area contributed by atoms with Gasteiger partial charge in [0, 0.05) is 24.1 Å². The maximum atomic E-state index is 3.54. The first-order chi connectivity index (χ1) is 7.74. The quantitative estimate of drug-likeness (QED) is 0.691. The van der Waals surface area contributed by atoms with Crippen LogP contribution in [0.3, 0.4) is 0 Å². The van der Waals surface area contributed by atoms with E-state index in [9.17, 15) is 0 Å². The van der Waals surface area contributed by atoms with E-state index < -0.39 is 0 Å². The molecule has 82 valence electrons. The van der Waals surface area contributed by atoms with Gasteiger partial charge < -0.3 is 5.32 Å². The zero-order valence-corrected chi connectivity index (χ0v) is 9.83. The molecule has 0 saturated carbocycles. The van der Waals surface area contributed by atoms with Gasteiger partial charge in [-0.3, -0.25) is 0 Å². The van der Waals surface area contributed by atoms with E-state index in [2.05, 4.69) is 55.6 Å². The molecule has 2 unspecified atom stereocenters. The minimum atomic E-state index is 0.570. The van der Waals surface area contributed by atoms with E-state index in [-0.39, 0.29) is 0 Å². The van der Waals surface area contributed by atoms with Crippen LogP contribution in [0.2, 0.25) is 0 Å². The van der Waals surface area contributed by atoms with Crippen molar-refractivity contribution in [2.45, 2.75) is 19.8 Å². The van der Waals surface area contributed by atoms with Crippen molar-refractivity contribution in [1.29, 1.82) is 0 Å². The Labute approximate surface area is 96.9 Å². The fourth-order valence-electron chi connectivity index (χ4n) is 2.76. The van der Waals surface area contributed by atoms with Crippen LogP contribution in [-0.2, 0) is 0 Å². The van der Waals surface area contributed by atoms with Gasteiger partial charge >= 0.3 is 0 Å². The summed E-state index contributed by atoms with van der Waals surface area (Å²) in [5, 5.41) is 3.54. The largest absolute Gasteiger partial charge is 0.384 e. The highest BCUT2D eigenvalue weighted by atomic mass is 14.9. The first-order valence-corrected chi connectivity index (χ1v) is 5.95. The number of anilines is 1. The fourth-order valence-corrected chi connectivity index (χ4v) is 2.76. The van der Waals surface area contributed by atoms with Crippen LogP contribution in [0, 0.1) is 12.8 Å². The molecular formula is C15H17N. The summed E-state index contributed by atoms with van der Waals surface area (Å²) in [6, 6.07) is 6.74. The van der Waals surface area contributed by atoms with Crippen LogP contribution in [0.25, 0.3) is 0 Å². The zero-order valence-electron chi connectivity index (χ0n) is 9.83. The molecule has 0 saturated heterocycles. The van der Waals surface area contributed by atoms with Crippen LogP contribution in [0.4, 0.5) is 5.69 Å². The predicted molar refractivity (Wildman–Crippen MR) is 68.8 cm³/mol. The standard InChI is InChI=1S/C15H17N/c1-10-3-5-13-12(7-10)9-16-15-8-11(2)4-6-14(13)15/h3-8,12-13,16H,9H2,1-2H3. The van der Waals surface area contributed by atoms with Gasteiger partial charge in [0.25, 0.3) is 0 Å². The molecule has 16 heavy (non-hydrogen) atoms. The lowest BCUT2D eigenvalue weighted by Crippen LogP contribution is -2.27. The SMILES string of the molecule is CC1=CC2CNc3cc(C)ccc3C2C=C1. The molecule has 0 radical (unpaired) electrons. The van der Waals surface area contributed by atoms with Crippen molar-refractivity contribution >= 4 is 5.69 Å². The lowest BCUT2D eigenvalue weighted by molar-refractivity contribution is 0.582. The topological polar surface area (TPSA) is 12.0 Å². The van der Waals surface area contributed by atoms with E-state index in [1.807, 2.05) is 0 Å². The molecule has 1 aliphatic heterocycles. The Kier molecular flexibility index (Phi) is 2.13. The van der Waals surface area contributed by atoms with Crippen LogP contribution in [0.5, 0.6) is 0 Å². The van der Waals surface area contributed by atoms with Gasteiger partial charge in [0.1, 0.15) is 0 Å². The summed E-state index contributed by atoms with van der Waals surface area (Å²) >= 11 is 0. The lowest BCUT2D eigenvalue weighted by Gasteiger charge is -2.33. The average molecular weight is 211 g/mol. The van der Waals surface area contributed by atoms with Gasteiger partial charge in [-0.1, -0.05) is 35.9 Å². The van der Waals surface area contributed by atoms with Gasteiger partial charge in [0.2, 0.25) is 0 Å². The maximum Gasteiger partial charge on any atom is 0.0381 e. The summed E-state index contributed by atoms with van der Waals surface area (Å²) in [6.07, 6.45) is 6.99. The van der Waals surface area contributed by atoms with Crippen molar-refractivity contribution in [3.8, 4) is 0 Å². The number of nitrogens with one attached hydrogen (secondary N) is 1. The third-order valence-corrected chi connectivity index (χ3v) is 3.60. The molecule has 1 nitrogen and oxygen atoms in total. The molecule has 2 atom stereocenters. The normalized spacial score (nSPS) is 26.5. The molecule has 0 aromatic heterocycles. The molecule has 0 bridgehead atoms. The molecule has 3 rings (SSSR count). The van der Waals surface area contributed by atoms with Gasteiger partial charge in [-0.15, -0.1) is 0 Å². The average Bonchev–Trinajstić information content (AvgIpc) is 2.28. The van der Waals surface area contributed by atoms with Crippen molar-refractivity contribution < 1.29 is 0 Å². The Morgan fingerprint density at radius 3 is 3.00 bits per heavy atom. The number of hydrogen-bond acceptors (Lipinski definition) is 1. The highest BCUT2D eigenvalue weighted by Gasteiger charge is 2.27. The van der Waals surface area contributed by atoms with E-state index in [1.54, 1.807) is 0 Å². The highest BCUT2D eigenvalue weighted by molar-refractivity contribution is 5.59. The third kappa shape index (κ3) is 1.47. The highest BCUT2D eigenvalue weighted by Crippen LogP contribution is 2.39. The summed E-state index contributed by atoms with van der Waals surface area (Å²) in [5.41, 5.74) is 5.48. The van der Waals surface area contributed by atoms with Gasteiger partial charge in [-0.05, 0) is 31.0 Å². The summed E-state index contributed by atoms with van der Waals surface area (Å²) < 4.78 is 0. The molecule has 0 fully saturated rings. The van der Waals surface area contributed by atoms with Crippen molar-refractivity contribution in [2.24, 2.45) is 5.92 Å². The molecule has 0 amide bonds. The van der Waals surface area contributed by atoms with E-state index in [0.717, 1.165) is 6.54 Å². The fraction of sp³-hybridized carbons (Fsp3) is 0.333. The number of fused-ring (bicyclic) bond motifs is 3. The number of allylic oxidation sites excluding steroid dienone is 3. The number of rotatable bonds is 0. The maximum absolute atomic E-state index is 3.54. The smallest absolute Gasteiger partial charge is 0.0381 e. The molecular weight excluding hydrogens is 194 g/mol. The predicted octanol–water partition coefficient (Wildman–Crippen LogP) is 3.64. The van der Waals surface area contributed by atoms with E-state index >= 15 is 0 Å². The van der Waals surface area contributed by atoms with Crippen molar-refractivity contribution in [1.82, 2.24) is 0 Å². The van der Waals surface area contributed by atoms with Crippen LogP contribution >= 0.6 is 0 Å². The van der Waals surface area contributed by atoms with Crippen LogP contribution in [0.1, 0.15) is 24.0 Å². The molecule has 0 spiro atoms. The minimum Gasteiger partial charge on any atom is -0.384 e. The first-order valence-electron chi connectivity index (χ1n) is 5.95. The van der Waals surface area contributed by atoms with Gasteiger partial charge in [-0.2, -0.15) is 0 Å². The summed E-state index contributed by atoms with van der Waals surface area (Å²) in [5.74, 6) is 1.20. The summed E-state index contributed by atoms with van der Waals surface area (Å²) in [7, 11) is 0. The molecule has 1 heteroatoms. The van der Waals surface area contributed by atoms with Crippen molar-refractivity contribution in [3.05, 3.63) is 53.1 Å². The third-order valence-electron chi connectivity index (χ3n) is 3.60. The Balaban J connectivity index is 2.05. The Hall–Kier alpha value is -1.50. The molecule has 2 aliphatic rings. The van der Waals surface area contributed by atoms with Gasteiger partial charge in [0.15, 0.2) is 0 Å². The molecule has 1 aliphatic carbocycles. The Bertz CT molecular complexity index is 482. The summed E-state index contributed by atoms with van der Waals surface area (Å²) in [6.45, 7) is 5.38. The van der Waals surface area contributed by atoms with Gasteiger partial charge in [-0.25, -0.2) is 0 Å². The van der Waals surface area contributed by atoms with Crippen molar-refractivity contribution in [2.75, 3.05) is 11.9 Å². The van der Waals surface area contributed by atoms with E-state index in [4.69, 9.17) is 0 Å². The molecule has 1 heterocycles. The number of hydrogen-bond donors (Lipinski definition) is 1. The molecule has 1 N–H and O–H groups in total. The van der Waals surface area contributed by atoms with E-state index in [1.165, 1.54) is 22.4 Å². The Morgan fingerprint density at radius 2 is 2.12 bits per heavy atom. The zero-order chi connectivity index (χ0) is 11.1. The monoisotopic (exact) mass is 211 g/mol. The lowest BCUT2D eigenvalue weighted by atomic mass is 9.78. The van der Waals surface area contributed by atoms with Gasteiger partial charge in [0.05, 0.1) is 0 Å². The van der Waals surface area contributed by atoms with E-state index in [0.29, 0.717) is 11.8 Å². The molecule has 1 aromatic carbocycles. The van der Waals surface area contributed by atoms with Crippen molar-refractivity contribution in [3.63, 3.8) is 0 Å². The second-order valence-electron chi connectivity index (χ2n) is 4.93. The van der Waals surface area contributed by atoms with Crippen LogP contribution < -0.4 is 5.32 Å². The number of benzene rings is 1.